The van der Waals surface area contributed by atoms with Gasteiger partial charge in [-0.1, -0.05) is 29.8 Å². The third-order valence-corrected chi connectivity index (χ3v) is 4.64. The first-order chi connectivity index (χ1) is 12.9. The van der Waals surface area contributed by atoms with Crippen molar-refractivity contribution in [1.82, 2.24) is 10.2 Å². The molecular weight excluding hydrogens is 398 g/mol. The number of benzene rings is 1. The molecule has 2 rings (SSSR count). The van der Waals surface area contributed by atoms with Gasteiger partial charge in [-0.2, -0.15) is 8.78 Å². The van der Waals surface area contributed by atoms with Crippen LogP contribution in [0.5, 0.6) is 5.75 Å². The zero-order valence-corrected chi connectivity index (χ0v) is 15.7. The Morgan fingerprint density at radius 3 is 2.67 bits per heavy atom. The second-order valence-electron chi connectivity index (χ2n) is 5.33. The smallest absolute Gasteiger partial charge is 0.387 e. The Bertz CT molecular complexity index is 813. The Morgan fingerprint density at radius 1 is 1.30 bits per heavy atom. The lowest BCUT2D eigenvalue weighted by Crippen LogP contribution is -2.40. The molecule has 0 aliphatic rings. The van der Waals surface area contributed by atoms with Crippen molar-refractivity contribution < 1.29 is 23.1 Å². The minimum atomic E-state index is -3.05. The van der Waals surface area contributed by atoms with E-state index in [-0.39, 0.29) is 30.3 Å². The number of carbonyl (C=O) groups excluding carboxylic acids is 2. The summed E-state index contributed by atoms with van der Waals surface area (Å²) in [5.41, 5.74) is -0.0779. The highest BCUT2D eigenvalue weighted by molar-refractivity contribution is 7.16. The van der Waals surface area contributed by atoms with Crippen LogP contribution in [0, 0.1) is 0 Å². The number of amides is 2. The molecule has 144 valence electrons. The molecule has 0 saturated carbocycles. The van der Waals surface area contributed by atoms with Gasteiger partial charge in [-0.25, -0.2) is 0 Å². The zero-order chi connectivity index (χ0) is 19.8. The first-order valence-electron chi connectivity index (χ1n) is 7.85. The Kier molecular flexibility index (Phi) is 7.75. The van der Waals surface area contributed by atoms with Crippen LogP contribution < -0.4 is 10.1 Å². The lowest BCUT2D eigenvalue weighted by Gasteiger charge is -2.21. The van der Waals surface area contributed by atoms with Gasteiger partial charge in [-0.15, -0.1) is 17.9 Å². The van der Waals surface area contributed by atoms with Crippen molar-refractivity contribution in [3.63, 3.8) is 0 Å². The fourth-order valence-corrected chi connectivity index (χ4v) is 3.35. The number of thiophene rings is 1. The molecule has 27 heavy (non-hydrogen) atoms. The number of hydrogen-bond donors (Lipinski definition) is 1. The number of ether oxygens (including phenoxy) is 1. The molecule has 5 nitrogen and oxygen atoms in total. The number of rotatable bonds is 9. The number of halogens is 3. The van der Waals surface area contributed by atoms with Gasteiger partial charge in [0.1, 0.15) is 5.75 Å². The SMILES string of the molecule is C=CCN(Cc1ccc(Cl)s1)C(=O)CNC(=O)c1ccccc1OC(F)F. The van der Waals surface area contributed by atoms with E-state index in [0.29, 0.717) is 10.9 Å². The largest absolute Gasteiger partial charge is 0.434 e. The normalized spacial score (nSPS) is 10.5. The summed E-state index contributed by atoms with van der Waals surface area (Å²) in [6.45, 7) is 0.879. The highest BCUT2D eigenvalue weighted by atomic mass is 35.5. The summed E-state index contributed by atoms with van der Waals surface area (Å²) in [5, 5.41) is 2.43. The van der Waals surface area contributed by atoms with Gasteiger partial charge >= 0.3 is 6.61 Å². The van der Waals surface area contributed by atoms with Crippen LogP contribution in [0.1, 0.15) is 15.2 Å². The molecule has 0 spiro atoms. The maximum Gasteiger partial charge on any atom is 0.387 e. The second-order valence-corrected chi connectivity index (χ2v) is 7.13. The van der Waals surface area contributed by atoms with Crippen molar-refractivity contribution >= 4 is 34.8 Å². The number of alkyl halides is 2. The van der Waals surface area contributed by atoms with E-state index in [1.54, 1.807) is 12.1 Å². The Balaban J connectivity index is 2.00. The van der Waals surface area contributed by atoms with Crippen molar-refractivity contribution in [1.29, 1.82) is 0 Å². The molecule has 0 aliphatic carbocycles. The monoisotopic (exact) mass is 414 g/mol. The first-order valence-corrected chi connectivity index (χ1v) is 9.05. The van der Waals surface area contributed by atoms with Crippen LogP contribution in [0.3, 0.4) is 0 Å². The molecule has 2 aromatic rings. The number of carbonyl (C=O) groups is 2. The van der Waals surface area contributed by atoms with Gasteiger partial charge in [0.15, 0.2) is 0 Å². The molecule has 1 heterocycles. The predicted molar refractivity (Wildman–Crippen MR) is 100 cm³/mol. The van der Waals surface area contributed by atoms with E-state index in [0.717, 1.165) is 4.88 Å². The average molecular weight is 415 g/mol. The fraction of sp³-hybridized carbons (Fsp3) is 0.222. The van der Waals surface area contributed by atoms with Crippen molar-refractivity contribution in [2.75, 3.05) is 13.1 Å². The topological polar surface area (TPSA) is 58.6 Å². The fourth-order valence-electron chi connectivity index (χ4n) is 2.25. The van der Waals surface area contributed by atoms with E-state index in [9.17, 15) is 18.4 Å². The minimum absolute atomic E-state index is 0.0779. The van der Waals surface area contributed by atoms with E-state index in [1.807, 2.05) is 6.07 Å². The molecule has 9 heteroatoms. The standard InChI is InChI=1S/C18H17ClF2N2O3S/c1-2-9-23(11-12-7-8-15(19)27-12)16(24)10-22-17(25)13-5-3-4-6-14(13)26-18(20)21/h2-8,18H,1,9-11H2,(H,22,25). The third-order valence-electron chi connectivity index (χ3n) is 3.43. The summed E-state index contributed by atoms with van der Waals surface area (Å²) < 4.78 is 29.8. The van der Waals surface area contributed by atoms with Gasteiger partial charge < -0.3 is 15.0 Å². The molecular formula is C18H17ClF2N2O3S. The lowest BCUT2D eigenvalue weighted by molar-refractivity contribution is -0.130. The highest BCUT2D eigenvalue weighted by Gasteiger charge is 2.18. The predicted octanol–water partition coefficient (Wildman–Crippen LogP) is 3.95. The lowest BCUT2D eigenvalue weighted by atomic mass is 10.2. The maximum atomic E-state index is 12.4. The van der Waals surface area contributed by atoms with Gasteiger partial charge in [-0.3, -0.25) is 9.59 Å². The Morgan fingerprint density at radius 2 is 2.04 bits per heavy atom. The molecule has 1 aromatic carbocycles. The van der Waals surface area contributed by atoms with E-state index >= 15 is 0 Å². The molecule has 0 bridgehead atoms. The maximum absolute atomic E-state index is 12.4. The minimum Gasteiger partial charge on any atom is -0.434 e. The molecule has 0 aliphatic heterocycles. The van der Waals surface area contributed by atoms with E-state index in [1.165, 1.54) is 40.5 Å². The Labute approximate surface area is 164 Å². The number of nitrogens with one attached hydrogen (secondary N) is 1. The van der Waals surface area contributed by atoms with Crippen LogP contribution in [0.25, 0.3) is 0 Å². The van der Waals surface area contributed by atoms with Crippen molar-refractivity contribution in [2.24, 2.45) is 0 Å². The van der Waals surface area contributed by atoms with E-state index in [2.05, 4.69) is 16.6 Å². The van der Waals surface area contributed by atoms with Gasteiger partial charge in [0.25, 0.3) is 5.91 Å². The van der Waals surface area contributed by atoms with Gasteiger partial charge in [0.05, 0.1) is 23.0 Å². The average Bonchev–Trinajstić information content (AvgIpc) is 3.04. The van der Waals surface area contributed by atoms with Gasteiger partial charge in [0, 0.05) is 11.4 Å². The van der Waals surface area contributed by atoms with E-state index < -0.39 is 12.5 Å². The number of hydrogen-bond acceptors (Lipinski definition) is 4. The summed E-state index contributed by atoms with van der Waals surface area (Å²) in [5.74, 6) is -1.29. The molecule has 0 atom stereocenters. The Hall–Kier alpha value is -2.45. The first kappa shape index (κ1) is 20.9. The molecule has 2 amide bonds. The van der Waals surface area contributed by atoms with E-state index in [4.69, 9.17) is 11.6 Å². The number of para-hydroxylation sites is 1. The quantitative estimate of drug-likeness (QED) is 0.632. The summed E-state index contributed by atoms with van der Waals surface area (Å²) >= 11 is 7.25. The van der Waals surface area contributed by atoms with Gasteiger partial charge in [-0.05, 0) is 24.3 Å². The summed E-state index contributed by atoms with van der Waals surface area (Å²) in [6.07, 6.45) is 1.57. The van der Waals surface area contributed by atoms with Crippen LogP contribution in [0.15, 0.2) is 49.1 Å². The molecule has 0 unspecified atom stereocenters. The second kappa shape index (κ2) is 10.0. The van der Waals surface area contributed by atoms with Crippen LogP contribution in [-0.2, 0) is 11.3 Å². The van der Waals surface area contributed by atoms with Crippen LogP contribution in [0.4, 0.5) is 8.78 Å². The third kappa shape index (κ3) is 6.33. The molecule has 0 saturated heterocycles. The summed E-state index contributed by atoms with van der Waals surface area (Å²) in [7, 11) is 0. The highest BCUT2D eigenvalue weighted by Crippen LogP contribution is 2.23. The molecule has 0 fully saturated rings. The molecule has 1 N–H and O–H groups in total. The summed E-state index contributed by atoms with van der Waals surface area (Å²) in [6, 6.07) is 9.13. The van der Waals surface area contributed by atoms with Crippen molar-refractivity contribution in [2.45, 2.75) is 13.2 Å². The van der Waals surface area contributed by atoms with Crippen LogP contribution in [-0.4, -0.2) is 36.4 Å². The van der Waals surface area contributed by atoms with Crippen molar-refractivity contribution in [3.8, 4) is 5.75 Å². The van der Waals surface area contributed by atoms with Gasteiger partial charge in [0.2, 0.25) is 5.91 Å². The number of nitrogens with zero attached hydrogens (tertiary/aromatic N) is 1. The van der Waals surface area contributed by atoms with Crippen molar-refractivity contribution in [3.05, 3.63) is 63.8 Å². The zero-order valence-electron chi connectivity index (χ0n) is 14.2. The summed E-state index contributed by atoms with van der Waals surface area (Å²) in [4.78, 5) is 27.1. The molecule has 0 radical (unpaired) electrons. The van der Waals surface area contributed by atoms with Crippen LogP contribution >= 0.6 is 22.9 Å². The molecule has 1 aromatic heterocycles. The van der Waals surface area contributed by atoms with Crippen LogP contribution in [0.2, 0.25) is 4.34 Å².